The number of nitrogens with one attached hydrogen (secondary N) is 1. The highest BCUT2D eigenvalue weighted by atomic mass is 35.5. The number of anilines is 1. The van der Waals surface area contributed by atoms with Crippen molar-refractivity contribution in [3.05, 3.63) is 28.8 Å². The summed E-state index contributed by atoms with van der Waals surface area (Å²) in [4.78, 5) is 0. The van der Waals surface area contributed by atoms with Gasteiger partial charge in [-0.05, 0) is 25.5 Å². The number of rotatable bonds is 4. The minimum atomic E-state index is 0.263. The van der Waals surface area contributed by atoms with Crippen LogP contribution in [0.3, 0.4) is 0 Å². The Labute approximate surface area is 90.2 Å². The topological polar surface area (TPSA) is 21.3 Å². The third-order valence-electron chi connectivity index (χ3n) is 2.01. The summed E-state index contributed by atoms with van der Waals surface area (Å²) in [7, 11) is 1.69. The summed E-state index contributed by atoms with van der Waals surface area (Å²) >= 11 is 6.13. The third-order valence-corrected chi connectivity index (χ3v) is 2.51. The molecule has 0 aliphatic carbocycles. The highest BCUT2D eigenvalue weighted by Gasteiger charge is 2.05. The normalized spacial score (nSPS) is 12.6. The molecule has 0 bridgehead atoms. The van der Waals surface area contributed by atoms with E-state index in [4.69, 9.17) is 16.3 Å². The average molecular weight is 214 g/mol. The second-order valence-electron chi connectivity index (χ2n) is 3.44. The predicted molar refractivity (Wildman–Crippen MR) is 61.1 cm³/mol. The van der Waals surface area contributed by atoms with Crippen LogP contribution in [0.2, 0.25) is 5.02 Å². The minimum absolute atomic E-state index is 0.263. The molecule has 0 aliphatic rings. The number of aryl methyl sites for hydroxylation is 1. The van der Waals surface area contributed by atoms with Crippen LogP contribution in [-0.2, 0) is 4.74 Å². The zero-order valence-corrected chi connectivity index (χ0v) is 9.56. The van der Waals surface area contributed by atoms with Gasteiger partial charge in [0.15, 0.2) is 0 Å². The molecule has 0 saturated carbocycles. The first-order valence-corrected chi connectivity index (χ1v) is 5.03. The van der Waals surface area contributed by atoms with Crippen molar-refractivity contribution in [2.75, 3.05) is 19.0 Å². The largest absolute Gasteiger partial charge is 0.383 e. The molecule has 0 radical (unpaired) electrons. The highest BCUT2D eigenvalue weighted by molar-refractivity contribution is 6.34. The summed E-state index contributed by atoms with van der Waals surface area (Å²) < 4.78 is 5.04. The molecule has 1 aromatic rings. The van der Waals surface area contributed by atoms with E-state index >= 15 is 0 Å². The van der Waals surface area contributed by atoms with Gasteiger partial charge in [0.2, 0.25) is 0 Å². The van der Waals surface area contributed by atoms with Gasteiger partial charge in [0.1, 0.15) is 0 Å². The van der Waals surface area contributed by atoms with Gasteiger partial charge < -0.3 is 10.1 Å². The molecule has 0 fully saturated rings. The lowest BCUT2D eigenvalue weighted by molar-refractivity contribution is 0.190. The quantitative estimate of drug-likeness (QED) is 0.830. The smallest absolute Gasteiger partial charge is 0.0666 e. The van der Waals surface area contributed by atoms with Crippen LogP contribution in [0.1, 0.15) is 12.5 Å². The van der Waals surface area contributed by atoms with E-state index in [2.05, 4.69) is 12.2 Å². The number of hydrogen-bond donors (Lipinski definition) is 1. The van der Waals surface area contributed by atoms with Crippen LogP contribution in [0, 0.1) is 6.92 Å². The average Bonchev–Trinajstić information content (AvgIpc) is 2.13. The van der Waals surface area contributed by atoms with Crippen LogP contribution < -0.4 is 5.32 Å². The minimum Gasteiger partial charge on any atom is -0.383 e. The van der Waals surface area contributed by atoms with E-state index in [-0.39, 0.29) is 6.04 Å². The molecule has 1 unspecified atom stereocenters. The molecule has 1 atom stereocenters. The van der Waals surface area contributed by atoms with E-state index in [1.807, 2.05) is 25.1 Å². The highest BCUT2D eigenvalue weighted by Crippen LogP contribution is 2.25. The fourth-order valence-corrected chi connectivity index (χ4v) is 1.50. The second kappa shape index (κ2) is 5.23. The van der Waals surface area contributed by atoms with E-state index in [0.29, 0.717) is 6.61 Å². The Hall–Kier alpha value is -0.730. The van der Waals surface area contributed by atoms with Crippen LogP contribution in [0.25, 0.3) is 0 Å². The van der Waals surface area contributed by atoms with Gasteiger partial charge in [-0.25, -0.2) is 0 Å². The third kappa shape index (κ3) is 2.89. The monoisotopic (exact) mass is 213 g/mol. The molecule has 0 amide bonds. The fourth-order valence-electron chi connectivity index (χ4n) is 1.32. The fraction of sp³-hybridized carbons (Fsp3) is 0.455. The predicted octanol–water partition coefficient (Wildman–Crippen LogP) is 3.10. The number of ether oxygens (including phenoxy) is 1. The Bertz CT molecular complexity index is 301. The van der Waals surface area contributed by atoms with Crippen molar-refractivity contribution < 1.29 is 4.74 Å². The van der Waals surface area contributed by atoms with Crippen LogP contribution in [0.4, 0.5) is 5.69 Å². The van der Waals surface area contributed by atoms with Gasteiger partial charge in [0.25, 0.3) is 0 Å². The molecule has 1 rings (SSSR count). The van der Waals surface area contributed by atoms with Crippen molar-refractivity contribution in [1.29, 1.82) is 0 Å². The summed E-state index contributed by atoms with van der Waals surface area (Å²) in [6.45, 7) is 4.72. The number of halogens is 1. The second-order valence-corrected chi connectivity index (χ2v) is 3.82. The number of methoxy groups -OCH3 is 1. The maximum atomic E-state index is 6.13. The standard InChI is InChI=1S/C11H16ClNO/c1-8-5-4-6-10(11(8)12)13-9(2)7-14-3/h4-6,9,13H,7H2,1-3H3. The maximum Gasteiger partial charge on any atom is 0.0666 e. The van der Waals surface area contributed by atoms with Crippen molar-refractivity contribution in [3.63, 3.8) is 0 Å². The van der Waals surface area contributed by atoms with E-state index in [1.165, 1.54) is 0 Å². The van der Waals surface area contributed by atoms with Gasteiger partial charge in [-0.15, -0.1) is 0 Å². The molecule has 1 N–H and O–H groups in total. The molecule has 14 heavy (non-hydrogen) atoms. The first kappa shape index (κ1) is 11.3. The molecule has 3 heteroatoms. The van der Waals surface area contributed by atoms with Crippen molar-refractivity contribution in [2.45, 2.75) is 19.9 Å². The van der Waals surface area contributed by atoms with Gasteiger partial charge in [-0.1, -0.05) is 23.7 Å². The summed E-state index contributed by atoms with van der Waals surface area (Å²) in [5.41, 5.74) is 2.05. The maximum absolute atomic E-state index is 6.13. The number of hydrogen-bond acceptors (Lipinski definition) is 2. The van der Waals surface area contributed by atoms with Crippen LogP contribution in [-0.4, -0.2) is 19.8 Å². The Morgan fingerprint density at radius 1 is 1.50 bits per heavy atom. The van der Waals surface area contributed by atoms with Crippen molar-refractivity contribution in [2.24, 2.45) is 0 Å². The zero-order valence-electron chi connectivity index (χ0n) is 8.80. The molecular formula is C11H16ClNO. The van der Waals surface area contributed by atoms with Gasteiger partial charge in [-0.2, -0.15) is 0 Å². The zero-order chi connectivity index (χ0) is 10.6. The van der Waals surface area contributed by atoms with Crippen molar-refractivity contribution in [3.8, 4) is 0 Å². The lowest BCUT2D eigenvalue weighted by Crippen LogP contribution is -2.20. The summed E-state index contributed by atoms with van der Waals surface area (Å²) in [5, 5.41) is 4.08. The van der Waals surface area contributed by atoms with Crippen molar-refractivity contribution in [1.82, 2.24) is 0 Å². The molecule has 2 nitrogen and oxygen atoms in total. The van der Waals surface area contributed by atoms with Crippen LogP contribution >= 0.6 is 11.6 Å². The van der Waals surface area contributed by atoms with Crippen LogP contribution in [0.15, 0.2) is 18.2 Å². The molecule has 0 aliphatic heterocycles. The summed E-state index contributed by atoms with van der Waals surface area (Å²) in [6.07, 6.45) is 0. The molecular weight excluding hydrogens is 198 g/mol. The molecule has 78 valence electrons. The van der Waals surface area contributed by atoms with Gasteiger partial charge in [-0.3, -0.25) is 0 Å². The van der Waals surface area contributed by atoms with Crippen molar-refractivity contribution >= 4 is 17.3 Å². The van der Waals surface area contributed by atoms with E-state index in [0.717, 1.165) is 16.3 Å². The van der Waals surface area contributed by atoms with E-state index in [1.54, 1.807) is 7.11 Å². The SMILES string of the molecule is COCC(C)Nc1cccc(C)c1Cl. The molecule has 0 spiro atoms. The Kier molecular flexibility index (Phi) is 4.23. The van der Waals surface area contributed by atoms with E-state index in [9.17, 15) is 0 Å². The number of benzene rings is 1. The lowest BCUT2D eigenvalue weighted by atomic mass is 10.2. The summed E-state index contributed by atoms with van der Waals surface area (Å²) in [5.74, 6) is 0. The van der Waals surface area contributed by atoms with Crippen LogP contribution in [0.5, 0.6) is 0 Å². The Morgan fingerprint density at radius 3 is 2.86 bits per heavy atom. The van der Waals surface area contributed by atoms with Gasteiger partial charge in [0.05, 0.1) is 17.3 Å². The molecule has 0 heterocycles. The van der Waals surface area contributed by atoms with Gasteiger partial charge in [0, 0.05) is 13.2 Å². The first-order valence-electron chi connectivity index (χ1n) is 4.65. The lowest BCUT2D eigenvalue weighted by Gasteiger charge is -2.16. The summed E-state index contributed by atoms with van der Waals surface area (Å²) in [6, 6.07) is 6.22. The Morgan fingerprint density at radius 2 is 2.21 bits per heavy atom. The molecule has 1 aromatic carbocycles. The molecule has 0 saturated heterocycles. The first-order chi connectivity index (χ1) is 6.65. The van der Waals surface area contributed by atoms with Gasteiger partial charge >= 0.3 is 0 Å². The van der Waals surface area contributed by atoms with E-state index < -0.39 is 0 Å². The molecule has 0 aromatic heterocycles. The Balaban J connectivity index is 2.71.